The third kappa shape index (κ3) is 3.38. The van der Waals surface area contributed by atoms with Gasteiger partial charge in [0.05, 0.1) is 5.02 Å². The van der Waals surface area contributed by atoms with Gasteiger partial charge in [0.25, 0.3) is 0 Å². The van der Waals surface area contributed by atoms with E-state index >= 15 is 0 Å². The van der Waals surface area contributed by atoms with Crippen LogP contribution in [0, 0.1) is 5.82 Å². The summed E-state index contributed by atoms with van der Waals surface area (Å²) >= 11 is 5.77. The fourth-order valence-electron chi connectivity index (χ4n) is 2.24. The van der Waals surface area contributed by atoms with Crippen LogP contribution in [0.15, 0.2) is 54.9 Å². The molecule has 4 heteroatoms. The van der Waals surface area contributed by atoms with Gasteiger partial charge in [-0.3, -0.25) is 4.98 Å². The molecule has 0 spiro atoms. The summed E-state index contributed by atoms with van der Waals surface area (Å²) in [6.07, 6.45) is 3.65. The first kappa shape index (κ1) is 14.0. The summed E-state index contributed by atoms with van der Waals surface area (Å²) in [5, 5.41) is 5.80. The van der Waals surface area contributed by atoms with Crippen LogP contribution in [0.1, 0.15) is 11.1 Å². The van der Waals surface area contributed by atoms with E-state index in [4.69, 9.17) is 11.6 Å². The van der Waals surface area contributed by atoms with Gasteiger partial charge in [0, 0.05) is 30.9 Å². The molecule has 0 aliphatic carbocycles. The Labute approximate surface area is 127 Å². The second kappa shape index (κ2) is 6.20. The zero-order chi connectivity index (χ0) is 14.7. The molecule has 0 radical (unpaired) electrons. The highest BCUT2D eigenvalue weighted by Crippen LogP contribution is 2.17. The molecule has 21 heavy (non-hydrogen) atoms. The van der Waals surface area contributed by atoms with Crippen LogP contribution in [-0.2, 0) is 13.1 Å². The third-order valence-corrected chi connectivity index (χ3v) is 3.64. The lowest BCUT2D eigenvalue weighted by Crippen LogP contribution is -2.12. The molecule has 0 bridgehead atoms. The zero-order valence-corrected chi connectivity index (χ0v) is 12.1. The van der Waals surface area contributed by atoms with E-state index in [1.807, 2.05) is 12.3 Å². The van der Waals surface area contributed by atoms with Gasteiger partial charge in [0.15, 0.2) is 0 Å². The van der Waals surface area contributed by atoms with E-state index in [0.717, 1.165) is 17.5 Å². The van der Waals surface area contributed by atoms with Crippen LogP contribution in [0.3, 0.4) is 0 Å². The quantitative estimate of drug-likeness (QED) is 0.776. The van der Waals surface area contributed by atoms with Crippen molar-refractivity contribution in [3.8, 4) is 0 Å². The molecule has 0 saturated heterocycles. The fourth-order valence-corrected chi connectivity index (χ4v) is 2.45. The van der Waals surface area contributed by atoms with E-state index in [0.29, 0.717) is 6.54 Å². The van der Waals surface area contributed by atoms with E-state index in [1.54, 1.807) is 18.3 Å². The molecule has 1 heterocycles. The first-order chi connectivity index (χ1) is 10.2. The summed E-state index contributed by atoms with van der Waals surface area (Å²) in [5.74, 6) is -0.386. The maximum atomic E-state index is 13.1. The van der Waals surface area contributed by atoms with E-state index in [2.05, 4.69) is 28.5 Å². The predicted molar refractivity (Wildman–Crippen MR) is 83.7 cm³/mol. The monoisotopic (exact) mass is 300 g/mol. The normalized spacial score (nSPS) is 11.0. The number of rotatable bonds is 4. The Bertz CT molecular complexity index is 774. The molecule has 1 aromatic heterocycles. The van der Waals surface area contributed by atoms with E-state index in [9.17, 15) is 4.39 Å². The molecule has 2 nitrogen and oxygen atoms in total. The van der Waals surface area contributed by atoms with Crippen LogP contribution in [0.25, 0.3) is 10.8 Å². The van der Waals surface area contributed by atoms with Crippen molar-refractivity contribution in [3.63, 3.8) is 0 Å². The van der Waals surface area contributed by atoms with E-state index in [-0.39, 0.29) is 10.8 Å². The van der Waals surface area contributed by atoms with Gasteiger partial charge in [-0.1, -0.05) is 29.8 Å². The Hall–Kier alpha value is -1.97. The maximum absolute atomic E-state index is 13.1. The van der Waals surface area contributed by atoms with Gasteiger partial charge in [0.2, 0.25) is 0 Å². The Morgan fingerprint density at radius 3 is 2.52 bits per heavy atom. The number of hydrogen-bond acceptors (Lipinski definition) is 2. The molecule has 0 amide bonds. The molecule has 0 fully saturated rings. The summed E-state index contributed by atoms with van der Waals surface area (Å²) in [5.41, 5.74) is 2.16. The van der Waals surface area contributed by atoms with Crippen LogP contribution < -0.4 is 5.32 Å². The number of nitrogens with one attached hydrogen (secondary N) is 1. The summed E-state index contributed by atoms with van der Waals surface area (Å²) in [7, 11) is 0. The summed E-state index contributed by atoms with van der Waals surface area (Å²) in [6.45, 7) is 1.39. The minimum Gasteiger partial charge on any atom is -0.309 e. The Morgan fingerprint density at radius 1 is 0.952 bits per heavy atom. The minimum atomic E-state index is -0.386. The molecule has 0 unspecified atom stereocenters. The van der Waals surface area contributed by atoms with Crippen LogP contribution in [0.5, 0.6) is 0 Å². The largest absolute Gasteiger partial charge is 0.309 e. The van der Waals surface area contributed by atoms with Crippen molar-refractivity contribution in [2.45, 2.75) is 13.1 Å². The highest BCUT2D eigenvalue weighted by molar-refractivity contribution is 6.30. The molecular formula is C17H14ClFN2. The highest BCUT2D eigenvalue weighted by atomic mass is 35.5. The number of halogens is 2. The van der Waals surface area contributed by atoms with Crippen molar-refractivity contribution in [2.24, 2.45) is 0 Å². The average Bonchev–Trinajstić information content (AvgIpc) is 2.51. The highest BCUT2D eigenvalue weighted by Gasteiger charge is 2.01. The van der Waals surface area contributed by atoms with Gasteiger partial charge < -0.3 is 5.32 Å². The zero-order valence-electron chi connectivity index (χ0n) is 11.3. The third-order valence-electron chi connectivity index (χ3n) is 3.35. The van der Waals surface area contributed by atoms with Crippen molar-refractivity contribution in [3.05, 3.63) is 76.8 Å². The fraction of sp³-hybridized carbons (Fsp3) is 0.118. The second-order valence-corrected chi connectivity index (χ2v) is 5.32. The van der Waals surface area contributed by atoms with Gasteiger partial charge in [0.1, 0.15) is 5.82 Å². The molecule has 0 aliphatic heterocycles. The van der Waals surface area contributed by atoms with Crippen LogP contribution in [0.2, 0.25) is 5.02 Å². The van der Waals surface area contributed by atoms with Gasteiger partial charge in [-0.05, 0) is 40.8 Å². The Kier molecular flexibility index (Phi) is 4.13. The molecule has 1 N–H and O–H groups in total. The molecule has 0 aliphatic rings. The van der Waals surface area contributed by atoms with Gasteiger partial charge in [-0.25, -0.2) is 4.39 Å². The summed E-state index contributed by atoms with van der Waals surface area (Å²) < 4.78 is 13.1. The number of nitrogens with zero attached hydrogens (tertiary/aromatic N) is 1. The first-order valence-corrected chi connectivity index (χ1v) is 7.07. The standard InChI is InChI=1S/C17H14ClFN2/c18-16-8-13(2-4-17(16)19)10-21-9-12-1-3-15-11-20-6-5-14(15)7-12/h1-8,11,21H,9-10H2. The van der Waals surface area contributed by atoms with Gasteiger partial charge in [-0.15, -0.1) is 0 Å². The topological polar surface area (TPSA) is 24.9 Å². The van der Waals surface area contributed by atoms with Gasteiger partial charge >= 0.3 is 0 Å². The lowest BCUT2D eigenvalue weighted by molar-refractivity contribution is 0.625. The molecule has 2 aromatic carbocycles. The van der Waals surface area contributed by atoms with Crippen LogP contribution in [-0.4, -0.2) is 4.98 Å². The lowest BCUT2D eigenvalue weighted by atomic mass is 10.1. The number of hydrogen-bond donors (Lipinski definition) is 1. The molecule has 0 saturated carbocycles. The van der Waals surface area contributed by atoms with E-state index < -0.39 is 0 Å². The van der Waals surface area contributed by atoms with Crippen molar-refractivity contribution in [2.75, 3.05) is 0 Å². The maximum Gasteiger partial charge on any atom is 0.141 e. The number of benzene rings is 2. The number of pyridine rings is 1. The van der Waals surface area contributed by atoms with Crippen LogP contribution >= 0.6 is 11.6 Å². The summed E-state index contributed by atoms with van der Waals surface area (Å²) in [4.78, 5) is 4.10. The van der Waals surface area contributed by atoms with Crippen molar-refractivity contribution in [1.29, 1.82) is 0 Å². The first-order valence-electron chi connectivity index (χ1n) is 6.70. The van der Waals surface area contributed by atoms with Gasteiger partial charge in [-0.2, -0.15) is 0 Å². The number of fused-ring (bicyclic) bond motifs is 1. The van der Waals surface area contributed by atoms with Crippen LogP contribution in [0.4, 0.5) is 4.39 Å². The molecule has 106 valence electrons. The van der Waals surface area contributed by atoms with E-state index in [1.165, 1.54) is 17.0 Å². The minimum absolute atomic E-state index is 0.160. The molecule has 3 aromatic rings. The molecular weight excluding hydrogens is 287 g/mol. The SMILES string of the molecule is Fc1ccc(CNCc2ccc3cnccc3c2)cc1Cl. The lowest BCUT2D eigenvalue weighted by Gasteiger charge is -2.07. The number of aromatic nitrogens is 1. The average molecular weight is 301 g/mol. The molecule has 3 rings (SSSR count). The predicted octanol–water partition coefficient (Wildman–Crippen LogP) is 4.32. The Morgan fingerprint density at radius 2 is 1.71 bits per heavy atom. The van der Waals surface area contributed by atoms with Crippen molar-refractivity contribution in [1.82, 2.24) is 10.3 Å². The smallest absolute Gasteiger partial charge is 0.141 e. The molecule has 0 atom stereocenters. The second-order valence-electron chi connectivity index (χ2n) is 4.91. The van der Waals surface area contributed by atoms with Crippen molar-refractivity contribution >= 4 is 22.4 Å². The Balaban J connectivity index is 1.64. The summed E-state index contributed by atoms with van der Waals surface area (Å²) in [6, 6.07) is 13.1. The van der Waals surface area contributed by atoms with Crippen molar-refractivity contribution < 1.29 is 4.39 Å².